The van der Waals surface area contributed by atoms with Gasteiger partial charge in [0.05, 0.1) is 12.2 Å². The number of unbranched alkanes of at least 4 members (excludes halogenated alkanes) is 2. The molecule has 24 heavy (non-hydrogen) atoms. The van der Waals surface area contributed by atoms with Crippen LogP contribution in [-0.4, -0.2) is 23.7 Å². The normalized spacial score (nSPS) is 19.6. The molecule has 2 atom stereocenters. The second kappa shape index (κ2) is 7.39. The molecule has 1 aliphatic rings. The Hall–Kier alpha value is -1.81. The number of carbonyl (C=O) groups is 1. The molecular formula is C20H28N2O2. The molecule has 0 amide bonds. The minimum absolute atomic E-state index is 0.177. The summed E-state index contributed by atoms with van der Waals surface area (Å²) >= 11 is 0. The first kappa shape index (κ1) is 17.0. The summed E-state index contributed by atoms with van der Waals surface area (Å²) in [5, 5.41) is 1.03. The van der Waals surface area contributed by atoms with E-state index in [1.54, 1.807) is 0 Å². The van der Waals surface area contributed by atoms with Crippen molar-refractivity contribution in [2.75, 3.05) is 13.2 Å². The van der Waals surface area contributed by atoms with Crippen molar-refractivity contribution in [2.45, 2.75) is 52.0 Å². The minimum atomic E-state index is -0.177. The highest BCUT2D eigenvalue weighted by Crippen LogP contribution is 2.50. The highest BCUT2D eigenvalue weighted by molar-refractivity contribution is 6.06. The van der Waals surface area contributed by atoms with Crippen molar-refractivity contribution in [3.8, 4) is 0 Å². The van der Waals surface area contributed by atoms with Crippen molar-refractivity contribution in [2.24, 2.45) is 11.7 Å². The fourth-order valence-corrected chi connectivity index (χ4v) is 3.66. The average molecular weight is 328 g/mol. The number of nitrogens with zero attached hydrogens (tertiary/aromatic N) is 1. The van der Waals surface area contributed by atoms with Crippen LogP contribution in [0.3, 0.4) is 0 Å². The van der Waals surface area contributed by atoms with Crippen LogP contribution in [0.1, 0.15) is 61.5 Å². The summed E-state index contributed by atoms with van der Waals surface area (Å²) in [6.07, 6.45) is 4.42. The maximum atomic E-state index is 12.7. The Morgan fingerprint density at radius 3 is 2.71 bits per heavy atom. The predicted molar refractivity (Wildman–Crippen MR) is 97.3 cm³/mol. The van der Waals surface area contributed by atoms with Crippen LogP contribution in [0.15, 0.2) is 24.3 Å². The molecule has 1 aromatic carbocycles. The van der Waals surface area contributed by atoms with Crippen molar-refractivity contribution < 1.29 is 9.53 Å². The highest BCUT2D eigenvalue weighted by atomic mass is 16.5. The van der Waals surface area contributed by atoms with Gasteiger partial charge in [-0.1, -0.05) is 31.5 Å². The zero-order valence-corrected chi connectivity index (χ0v) is 14.8. The summed E-state index contributed by atoms with van der Waals surface area (Å²) in [7, 11) is 0. The Bertz CT molecular complexity index is 720. The van der Waals surface area contributed by atoms with Crippen molar-refractivity contribution in [3.63, 3.8) is 0 Å². The Balaban J connectivity index is 2.05. The number of rotatable bonds is 8. The number of aryl methyl sites for hydroxylation is 1. The quantitative estimate of drug-likeness (QED) is 0.587. The molecule has 1 saturated carbocycles. The molecule has 4 heteroatoms. The fraction of sp³-hybridized carbons (Fsp3) is 0.550. The van der Waals surface area contributed by atoms with Gasteiger partial charge in [-0.05, 0) is 44.7 Å². The summed E-state index contributed by atoms with van der Waals surface area (Å²) < 4.78 is 7.74. The molecule has 130 valence electrons. The third-order valence-electron chi connectivity index (χ3n) is 5.04. The summed E-state index contributed by atoms with van der Waals surface area (Å²) in [5.74, 6) is 0.945. The maximum absolute atomic E-state index is 12.7. The number of para-hydroxylation sites is 1. The van der Waals surface area contributed by atoms with Crippen LogP contribution in [0.25, 0.3) is 10.9 Å². The molecule has 3 rings (SSSR count). The molecule has 0 saturated heterocycles. The summed E-state index contributed by atoms with van der Waals surface area (Å²) in [4.78, 5) is 12.7. The van der Waals surface area contributed by atoms with E-state index in [-0.39, 0.29) is 5.97 Å². The Morgan fingerprint density at radius 1 is 1.29 bits per heavy atom. The van der Waals surface area contributed by atoms with Gasteiger partial charge in [-0.25, -0.2) is 4.79 Å². The monoisotopic (exact) mass is 328 g/mol. The van der Waals surface area contributed by atoms with Crippen molar-refractivity contribution >= 4 is 16.9 Å². The number of aromatic nitrogens is 1. The smallest absolute Gasteiger partial charge is 0.340 e. The van der Waals surface area contributed by atoms with Gasteiger partial charge in [0.1, 0.15) is 0 Å². The van der Waals surface area contributed by atoms with E-state index in [1.807, 2.05) is 19.1 Å². The van der Waals surface area contributed by atoms with E-state index in [0.29, 0.717) is 18.4 Å². The van der Waals surface area contributed by atoms with Gasteiger partial charge in [0.2, 0.25) is 0 Å². The molecule has 1 aromatic heterocycles. The first-order valence-electron chi connectivity index (χ1n) is 9.17. The number of fused-ring (bicyclic) bond motifs is 1. The lowest BCUT2D eigenvalue weighted by atomic mass is 10.1. The number of hydrogen-bond donors (Lipinski definition) is 1. The van der Waals surface area contributed by atoms with Crippen LogP contribution in [-0.2, 0) is 11.3 Å². The molecule has 2 aromatic rings. The first-order chi connectivity index (χ1) is 11.7. The number of nitrogens with two attached hydrogens (primary N) is 1. The van der Waals surface area contributed by atoms with Crippen molar-refractivity contribution in [1.29, 1.82) is 0 Å². The van der Waals surface area contributed by atoms with Gasteiger partial charge in [0.15, 0.2) is 0 Å². The van der Waals surface area contributed by atoms with E-state index in [0.717, 1.165) is 55.2 Å². The maximum Gasteiger partial charge on any atom is 0.340 e. The minimum Gasteiger partial charge on any atom is -0.462 e. The van der Waals surface area contributed by atoms with Crippen LogP contribution in [0.2, 0.25) is 0 Å². The van der Waals surface area contributed by atoms with E-state index in [2.05, 4.69) is 23.6 Å². The zero-order chi connectivity index (χ0) is 17.1. The third-order valence-corrected chi connectivity index (χ3v) is 5.04. The number of esters is 1. The molecule has 0 bridgehead atoms. The van der Waals surface area contributed by atoms with E-state index >= 15 is 0 Å². The number of hydrogen-bond acceptors (Lipinski definition) is 3. The van der Waals surface area contributed by atoms with Gasteiger partial charge in [-0.3, -0.25) is 0 Å². The van der Waals surface area contributed by atoms with E-state index in [9.17, 15) is 4.79 Å². The average Bonchev–Trinajstić information content (AvgIpc) is 3.20. The summed E-state index contributed by atoms with van der Waals surface area (Å²) in [6.45, 7) is 6.22. The van der Waals surface area contributed by atoms with E-state index < -0.39 is 0 Å². The van der Waals surface area contributed by atoms with Crippen LogP contribution in [0, 0.1) is 5.92 Å². The van der Waals surface area contributed by atoms with Gasteiger partial charge in [0.25, 0.3) is 0 Å². The predicted octanol–water partition coefficient (Wildman–Crippen LogP) is 4.07. The number of benzene rings is 1. The van der Waals surface area contributed by atoms with Gasteiger partial charge < -0.3 is 15.0 Å². The largest absolute Gasteiger partial charge is 0.462 e. The van der Waals surface area contributed by atoms with Crippen LogP contribution in [0.5, 0.6) is 0 Å². The lowest BCUT2D eigenvalue weighted by molar-refractivity contribution is 0.0527. The Kier molecular flexibility index (Phi) is 5.24. The van der Waals surface area contributed by atoms with Gasteiger partial charge >= 0.3 is 5.97 Å². The summed E-state index contributed by atoms with van der Waals surface area (Å²) in [6, 6.07) is 8.23. The van der Waals surface area contributed by atoms with E-state index in [1.165, 1.54) is 5.69 Å². The van der Waals surface area contributed by atoms with Crippen molar-refractivity contribution in [3.05, 3.63) is 35.5 Å². The van der Waals surface area contributed by atoms with E-state index in [4.69, 9.17) is 10.5 Å². The van der Waals surface area contributed by atoms with Crippen LogP contribution >= 0.6 is 0 Å². The van der Waals surface area contributed by atoms with Gasteiger partial charge in [-0.15, -0.1) is 0 Å². The molecule has 2 N–H and O–H groups in total. The molecule has 1 unspecified atom stereocenters. The van der Waals surface area contributed by atoms with Gasteiger partial charge in [-0.2, -0.15) is 0 Å². The lowest BCUT2D eigenvalue weighted by Gasteiger charge is -2.12. The van der Waals surface area contributed by atoms with Gasteiger partial charge in [0, 0.05) is 29.1 Å². The topological polar surface area (TPSA) is 57.2 Å². The van der Waals surface area contributed by atoms with Crippen LogP contribution in [0.4, 0.5) is 0 Å². The second-order valence-electron chi connectivity index (χ2n) is 6.82. The van der Waals surface area contributed by atoms with Crippen LogP contribution < -0.4 is 5.73 Å². The number of ether oxygens (including phenoxy) is 1. The lowest BCUT2D eigenvalue weighted by Crippen LogP contribution is -2.10. The highest BCUT2D eigenvalue weighted by Gasteiger charge is 2.40. The molecule has 0 spiro atoms. The fourth-order valence-electron chi connectivity index (χ4n) is 3.66. The molecule has 0 aliphatic heterocycles. The first-order valence-corrected chi connectivity index (χ1v) is 9.17. The molecule has 1 fully saturated rings. The SMILES string of the molecule is CCOC(=O)c1c([C@H]2CC2C)n(CCCCCN)c2ccccc12. The second-order valence-corrected chi connectivity index (χ2v) is 6.82. The third kappa shape index (κ3) is 3.20. The summed E-state index contributed by atoms with van der Waals surface area (Å²) in [5.41, 5.74) is 8.75. The Labute approximate surface area is 144 Å². The molecular weight excluding hydrogens is 300 g/mol. The molecule has 0 radical (unpaired) electrons. The number of carbonyl (C=O) groups excluding carboxylic acids is 1. The Morgan fingerprint density at radius 2 is 2.04 bits per heavy atom. The van der Waals surface area contributed by atoms with Crippen molar-refractivity contribution in [1.82, 2.24) is 4.57 Å². The standard InChI is InChI=1S/C20H28N2O2/c1-3-24-20(23)18-15-9-5-6-10-17(15)22(12-8-4-7-11-21)19(18)16-13-14(16)2/h5-6,9-10,14,16H,3-4,7-8,11-13,21H2,1-2H3/t14?,16-/m0/s1. The zero-order valence-electron chi connectivity index (χ0n) is 14.8. The molecule has 1 aliphatic carbocycles. The molecule has 4 nitrogen and oxygen atoms in total. The molecule has 1 heterocycles.